The summed E-state index contributed by atoms with van der Waals surface area (Å²) in [4.78, 5) is 4.37. The van der Waals surface area contributed by atoms with Crippen molar-refractivity contribution in [2.75, 3.05) is 19.5 Å². The molecule has 0 amide bonds. The average molecular weight is 249 g/mol. The predicted molar refractivity (Wildman–Crippen MR) is 72.4 cm³/mol. The van der Waals surface area contributed by atoms with E-state index in [1.807, 2.05) is 18.2 Å². The molecule has 5 nitrogen and oxygen atoms in total. The van der Waals surface area contributed by atoms with Crippen molar-refractivity contribution in [2.24, 2.45) is 16.6 Å². The molecule has 1 aliphatic rings. The molecule has 0 heterocycles. The number of methoxy groups -OCH3 is 2. The van der Waals surface area contributed by atoms with Crippen LogP contribution in [0, 0.1) is 5.92 Å². The Morgan fingerprint density at radius 2 is 2.00 bits per heavy atom. The van der Waals surface area contributed by atoms with Crippen LogP contribution in [-0.2, 0) is 0 Å². The fourth-order valence-electron chi connectivity index (χ4n) is 1.76. The molecular weight excluding hydrogens is 230 g/mol. The van der Waals surface area contributed by atoms with Gasteiger partial charge in [-0.2, -0.15) is 0 Å². The van der Waals surface area contributed by atoms with E-state index in [9.17, 15) is 0 Å². The number of benzene rings is 1. The predicted octanol–water partition coefficient (Wildman–Crippen LogP) is 1.84. The second-order valence-electron chi connectivity index (χ2n) is 4.49. The molecule has 2 rings (SSSR count). The van der Waals surface area contributed by atoms with E-state index in [0.717, 1.165) is 12.1 Å². The lowest BCUT2D eigenvalue weighted by Gasteiger charge is -2.10. The van der Waals surface area contributed by atoms with Gasteiger partial charge < -0.3 is 20.5 Å². The minimum Gasteiger partial charge on any atom is -0.493 e. The van der Waals surface area contributed by atoms with Gasteiger partial charge in [0.1, 0.15) is 0 Å². The Labute approximate surface area is 107 Å². The maximum atomic E-state index is 5.84. The number of hydrogen-bond donors (Lipinski definition) is 2. The number of nitrogens with zero attached hydrogens (tertiary/aromatic N) is 1. The molecule has 0 bridgehead atoms. The van der Waals surface area contributed by atoms with E-state index in [4.69, 9.17) is 15.2 Å². The third-order valence-electron chi connectivity index (χ3n) is 3.03. The molecule has 0 spiro atoms. The Morgan fingerprint density at radius 1 is 1.33 bits per heavy atom. The fourth-order valence-corrected chi connectivity index (χ4v) is 1.76. The number of nitrogens with one attached hydrogen (secondary N) is 1. The normalized spacial score (nSPS) is 22.5. The number of guanidine groups is 1. The van der Waals surface area contributed by atoms with E-state index in [0.29, 0.717) is 29.4 Å². The Kier molecular flexibility index (Phi) is 3.60. The van der Waals surface area contributed by atoms with Crippen molar-refractivity contribution in [1.29, 1.82) is 0 Å². The van der Waals surface area contributed by atoms with Crippen molar-refractivity contribution in [1.82, 2.24) is 0 Å². The molecule has 5 heteroatoms. The van der Waals surface area contributed by atoms with Crippen LogP contribution in [0.2, 0.25) is 0 Å². The van der Waals surface area contributed by atoms with E-state index in [1.54, 1.807) is 14.2 Å². The van der Waals surface area contributed by atoms with Crippen LogP contribution in [0.5, 0.6) is 11.5 Å². The van der Waals surface area contributed by atoms with Gasteiger partial charge in [-0.3, -0.25) is 0 Å². The molecule has 1 aromatic carbocycles. The van der Waals surface area contributed by atoms with Gasteiger partial charge in [0, 0.05) is 11.8 Å². The summed E-state index contributed by atoms with van der Waals surface area (Å²) in [6.07, 6.45) is 1.12. The summed E-state index contributed by atoms with van der Waals surface area (Å²) in [6.45, 7) is 2.16. The molecule has 2 unspecified atom stereocenters. The molecule has 0 saturated heterocycles. The van der Waals surface area contributed by atoms with Crippen LogP contribution in [0.4, 0.5) is 5.69 Å². The highest BCUT2D eigenvalue weighted by atomic mass is 16.5. The number of ether oxygens (including phenoxy) is 2. The van der Waals surface area contributed by atoms with E-state index in [-0.39, 0.29) is 0 Å². The summed E-state index contributed by atoms with van der Waals surface area (Å²) < 4.78 is 10.4. The van der Waals surface area contributed by atoms with Gasteiger partial charge in [-0.25, -0.2) is 4.99 Å². The first-order chi connectivity index (χ1) is 8.63. The molecule has 0 aliphatic heterocycles. The number of anilines is 1. The topological polar surface area (TPSA) is 68.9 Å². The minimum absolute atomic E-state index is 0.373. The van der Waals surface area contributed by atoms with E-state index >= 15 is 0 Å². The SMILES string of the molecule is COc1ccc(NC(N)=NC2CC2C)cc1OC. The Morgan fingerprint density at radius 3 is 2.56 bits per heavy atom. The molecule has 1 fully saturated rings. The van der Waals surface area contributed by atoms with E-state index < -0.39 is 0 Å². The minimum atomic E-state index is 0.373. The first-order valence-electron chi connectivity index (χ1n) is 5.96. The second-order valence-corrected chi connectivity index (χ2v) is 4.49. The molecule has 1 aliphatic carbocycles. The Hall–Kier alpha value is -1.91. The monoisotopic (exact) mass is 249 g/mol. The lowest BCUT2D eigenvalue weighted by Crippen LogP contribution is -2.23. The second kappa shape index (κ2) is 5.16. The van der Waals surface area contributed by atoms with Crippen molar-refractivity contribution in [2.45, 2.75) is 19.4 Å². The van der Waals surface area contributed by atoms with Gasteiger partial charge in [0.05, 0.1) is 20.3 Å². The van der Waals surface area contributed by atoms with Gasteiger partial charge in [0.25, 0.3) is 0 Å². The quantitative estimate of drug-likeness (QED) is 0.631. The number of nitrogens with two attached hydrogens (primary N) is 1. The largest absolute Gasteiger partial charge is 0.493 e. The first kappa shape index (κ1) is 12.5. The van der Waals surface area contributed by atoms with Crippen molar-refractivity contribution >= 4 is 11.6 Å². The highest BCUT2D eigenvalue weighted by molar-refractivity contribution is 5.92. The first-order valence-corrected chi connectivity index (χ1v) is 5.96. The van der Waals surface area contributed by atoms with Gasteiger partial charge in [-0.15, -0.1) is 0 Å². The Bertz CT molecular complexity index is 460. The Balaban J connectivity index is 2.07. The van der Waals surface area contributed by atoms with Crippen molar-refractivity contribution in [3.8, 4) is 11.5 Å². The standard InChI is InChI=1S/C13H19N3O2/c1-8-6-10(8)16-13(14)15-9-4-5-11(17-2)12(7-9)18-3/h4-5,7-8,10H,6H2,1-3H3,(H3,14,15,16). The van der Waals surface area contributed by atoms with E-state index in [1.165, 1.54) is 0 Å². The molecule has 2 atom stereocenters. The third kappa shape index (κ3) is 2.85. The maximum Gasteiger partial charge on any atom is 0.193 e. The average Bonchev–Trinajstić information content (AvgIpc) is 3.04. The smallest absolute Gasteiger partial charge is 0.193 e. The number of hydrogen-bond acceptors (Lipinski definition) is 3. The van der Waals surface area contributed by atoms with Crippen LogP contribution in [0.25, 0.3) is 0 Å². The van der Waals surface area contributed by atoms with Crippen LogP contribution in [0.3, 0.4) is 0 Å². The third-order valence-corrected chi connectivity index (χ3v) is 3.03. The molecule has 18 heavy (non-hydrogen) atoms. The molecule has 0 radical (unpaired) electrons. The van der Waals surface area contributed by atoms with Crippen molar-refractivity contribution in [3.05, 3.63) is 18.2 Å². The van der Waals surface area contributed by atoms with Crippen LogP contribution in [0.15, 0.2) is 23.2 Å². The highest BCUT2D eigenvalue weighted by Gasteiger charge is 2.32. The van der Waals surface area contributed by atoms with Crippen LogP contribution in [-0.4, -0.2) is 26.2 Å². The van der Waals surface area contributed by atoms with Crippen LogP contribution in [0.1, 0.15) is 13.3 Å². The zero-order valence-corrected chi connectivity index (χ0v) is 10.9. The molecule has 1 aromatic rings. The van der Waals surface area contributed by atoms with Gasteiger partial charge in [-0.05, 0) is 24.5 Å². The lowest BCUT2D eigenvalue weighted by atomic mass is 10.3. The van der Waals surface area contributed by atoms with Gasteiger partial charge in [0.2, 0.25) is 0 Å². The number of rotatable bonds is 4. The van der Waals surface area contributed by atoms with Crippen LogP contribution >= 0.6 is 0 Å². The van der Waals surface area contributed by atoms with Gasteiger partial charge in [0.15, 0.2) is 17.5 Å². The summed E-state index contributed by atoms with van der Waals surface area (Å²) in [5.41, 5.74) is 6.67. The van der Waals surface area contributed by atoms with Crippen LogP contribution < -0.4 is 20.5 Å². The van der Waals surface area contributed by atoms with Crippen molar-refractivity contribution < 1.29 is 9.47 Å². The summed E-state index contributed by atoms with van der Waals surface area (Å²) in [7, 11) is 3.21. The maximum absolute atomic E-state index is 5.84. The van der Waals surface area contributed by atoms with Gasteiger partial charge in [-0.1, -0.05) is 6.92 Å². The van der Waals surface area contributed by atoms with E-state index in [2.05, 4.69) is 17.2 Å². The molecule has 98 valence electrons. The summed E-state index contributed by atoms with van der Waals surface area (Å²) >= 11 is 0. The zero-order chi connectivity index (χ0) is 13.1. The zero-order valence-electron chi connectivity index (χ0n) is 10.9. The molecule has 1 saturated carbocycles. The lowest BCUT2D eigenvalue weighted by molar-refractivity contribution is 0.355. The summed E-state index contributed by atoms with van der Waals surface area (Å²) in [5.74, 6) is 2.44. The molecule has 0 aromatic heterocycles. The highest BCUT2D eigenvalue weighted by Crippen LogP contribution is 2.33. The molecular formula is C13H19N3O2. The summed E-state index contributed by atoms with van der Waals surface area (Å²) in [6, 6.07) is 5.91. The number of aliphatic imine (C=N–C) groups is 1. The molecule has 3 N–H and O–H groups in total. The van der Waals surface area contributed by atoms with Crippen molar-refractivity contribution in [3.63, 3.8) is 0 Å². The fraction of sp³-hybridized carbons (Fsp3) is 0.462. The van der Waals surface area contributed by atoms with Gasteiger partial charge >= 0.3 is 0 Å². The summed E-state index contributed by atoms with van der Waals surface area (Å²) in [5, 5.41) is 3.05.